The second kappa shape index (κ2) is 5.69. The topological polar surface area (TPSA) is 94.1 Å². The molecule has 0 bridgehead atoms. The number of hydrogen-bond donors (Lipinski definition) is 1. The summed E-state index contributed by atoms with van der Waals surface area (Å²) in [6.07, 6.45) is 0.671. The minimum absolute atomic E-state index is 0.167. The molecule has 0 aliphatic carbocycles. The predicted molar refractivity (Wildman–Crippen MR) is 65.4 cm³/mol. The Kier molecular flexibility index (Phi) is 4.00. The third kappa shape index (κ3) is 3.34. The maximum atomic E-state index is 10.5. The molecule has 0 atom stereocenters. The van der Waals surface area contributed by atoms with E-state index in [1.807, 2.05) is 0 Å². The molecule has 0 saturated heterocycles. The molecule has 0 amide bonds. The molecule has 0 aliphatic rings. The Labute approximate surface area is 107 Å². The van der Waals surface area contributed by atoms with E-state index in [0.29, 0.717) is 31.2 Å². The molecule has 0 unspecified atom stereocenters. The average Bonchev–Trinajstić information content (AvgIpc) is 2.93. The minimum atomic E-state index is -0.379. The van der Waals surface area contributed by atoms with Gasteiger partial charge in [0.25, 0.3) is 0 Å². The van der Waals surface area contributed by atoms with Gasteiger partial charge in [0.2, 0.25) is 5.89 Å². The van der Waals surface area contributed by atoms with E-state index in [9.17, 15) is 10.1 Å². The first kappa shape index (κ1) is 12.7. The fourth-order valence-corrected chi connectivity index (χ4v) is 2.20. The lowest BCUT2D eigenvalue weighted by atomic mass is 10.4. The number of nitrogens with one attached hydrogen (secondary N) is 1. The van der Waals surface area contributed by atoms with Crippen molar-refractivity contribution in [2.45, 2.75) is 19.9 Å². The van der Waals surface area contributed by atoms with Crippen molar-refractivity contribution < 1.29 is 9.45 Å². The van der Waals surface area contributed by atoms with Crippen molar-refractivity contribution >= 4 is 16.3 Å². The molecule has 96 valence electrons. The van der Waals surface area contributed by atoms with Gasteiger partial charge >= 0.3 is 5.00 Å². The number of nitro groups is 1. The van der Waals surface area contributed by atoms with E-state index in [0.717, 1.165) is 4.88 Å². The first-order valence-electron chi connectivity index (χ1n) is 5.38. The van der Waals surface area contributed by atoms with Gasteiger partial charge in [-0.15, -0.1) is 0 Å². The number of aromatic nitrogens is 2. The lowest BCUT2D eigenvalue weighted by Crippen LogP contribution is -2.16. The highest BCUT2D eigenvalue weighted by molar-refractivity contribution is 7.15. The van der Waals surface area contributed by atoms with Gasteiger partial charge in [0, 0.05) is 37.4 Å². The number of aryl methyl sites for hydroxylation is 1. The Balaban J connectivity index is 1.73. The summed E-state index contributed by atoms with van der Waals surface area (Å²) in [6, 6.07) is 3.28. The molecular formula is C10H12N4O3S. The molecule has 18 heavy (non-hydrogen) atoms. The van der Waals surface area contributed by atoms with Crippen molar-refractivity contribution in [3.63, 3.8) is 0 Å². The fraction of sp³-hybridized carbons (Fsp3) is 0.400. The van der Waals surface area contributed by atoms with Crippen LogP contribution in [0.4, 0.5) is 5.00 Å². The maximum Gasteiger partial charge on any atom is 0.324 e. The Morgan fingerprint density at radius 1 is 1.56 bits per heavy atom. The van der Waals surface area contributed by atoms with E-state index in [4.69, 9.17) is 4.52 Å². The van der Waals surface area contributed by atoms with Crippen molar-refractivity contribution in [3.05, 3.63) is 38.8 Å². The molecule has 0 saturated carbocycles. The molecule has 2 aromatic heterocycles. The monoisotopic (exact) mass is 268 g/mol. The molecule has 0 aromatic carbocycles. The molecular weight excluding hydrogens is 256 g/mol. The van der Waals surface area contributed by atoms with E-state index < -0.39 is 0 Å². The van der Waals surface area contributed by atoms with E-state index in [1.165, 1.54) is 17.4 Å². The van der Waals surface area contributed by atoms with Gasteiger partial charge < -0.3 is 9.84 Å². The van der Waals surface area contributed by atoms with Crippen LogP contribution in [0.3, 0.4) is 0 Å². The maximum absolute atomic E-state index is 10.5. The first-order chi connectivity index (χ1) is 8.65. The summed E-state index contributed by atoms with van der Waals surface area (Å²) in [4.78, 5) is 15.1. The molecule has 2 aromatic rings. The van der Waals surface area contributed by atoms with Crippen LogP contribution < -0.4 is 5.32 Å². The zero-order valence-corrected chi connectivity index (χ0v) is 10.6. The summed E-state index contributed by atoms with van der Waals surface area (Å²) in [5.41, 5.74) is 0. The molecule has 2 heterocycles. The van der Waals surface area contributed by atoms with E-state index in [1.54, 1.807) is 13.0 Å². The number of hydrogen-bond acceptors (Lipinski definition) is 7. The van der Waals surface area contributed by atoms with Gasteiger partial charge in [-0.2, -0.15) is 4.98 Å². The standard InChI is InChI=1S/C10H12N4O3S/c1-7-12-9(13-17-7)4-5-11-6-8-2-3-10(18-8)14(15)16/h2-3,11H,4-6H2,1H3. The van der Waals surface area contributed by atoms with Crippen LogP contribution >= 0.6 is 11.3 Å². The summed E-state index contributed by atoms with van der Waals surface area (Å²) in [5.74, 6) is 1.22. The predicted octanol–water partition coefficient (Wildman–Crippen LogP) is 1.68. The van der Waals surface area contributed by atoms with Crippen molar-refractivity contribution in [2.75, 3.05) is 6.54 Å². The molecule has 0 fully saturated rings. The second-order valence-electron chi connectivity index (χ2n) is 3.65. The zero-order valence-electron chi connectivity index (χ0n) is 9.75. The Hall–Kier alpha value is -1.80. The number of rotatable bonds is 6. The normalized spacial score (nSPS) is 10.7. The highest BCUT2D eigenvalue weighted by Gasteiger charge is 2.09. The smallest absolute Gasteiger partial charge is 0.324 e. The van der Waals surface area contributed by atoms with Crippen molar-refractivity contribution in [1.29, 1.82) is 0 Å². The third-order valence-corrected chi connectivity index (χ3v) is 3.26. The lowest BCUT2D eigenvalue weighted by molar-refractivity contribution is -0.380. The van der Waals surface area contributed by atoms with Crippen molar-refractivity contribution in [2.24, 2.45) is 0 Å². The Bertz CT molecular complexity index is 537. The van der Waals surface area contributed by atoms with Gasteiger partial charge in [0.15, 0.2) is 5.82 Å². The first-order valence-corrected chi connectivity index (χ1v) is 6.20. The van der Waals surface area contributed by atoms with Gasteiger partial charge in [-0.3, -0.25) is 10.1 Å². The largest absolute Gasteiger partial charge is 0.340 e. The van der Waals surface area contributed by atoms with Gasteiger partial charge in [0.05, 0.1) is 4.92 Å². The third-order valence-electron chi connectivity index (χ3n) is 2.22. The molecule has 8 heteroatoms. The van der Waals surface area contributed by atoms with Crippen LogP contribution in [0.1, 0.15) is 16.6 Å². The average molecular weight is 268 g/mol. The minimum Gasteiger partial charge on any atom is -0.340 e. The van der Waals surface area contributed by atoms with Gasteiger partial charge in [-0.1, -0.05) is 16.5 Å². The quantitative estimate of drug-likeness (QED) is 0.486. The summed E-state index contributed by atoms with van der Waals surface area (Å²) in [5, 5.41) is 17.6. The van der Waals surface area contributed by atoms with E-state index in [-0.39, 0.29) is 9.92 Å². The van der Waals surface area contributed by atoms with Gasteiger partial charge in [-0.05, 0) is 6.07 Å². The van der Waals surface area contributed by atoms with Crippen LogP contribution in [0.5, 0.6) is 0 Å². The zero-order chi connectivity index (χ0) is 13.0. The number of nitrogens with zero attached hydrogens (tertiary/aromatic N) is 3. The highest BCUT2D eigenvalue weighted by Crippen LogP contribution is 2.23. The lowest BCUT2D eigenvalue weighted by Gasteiger charge is -1.99. The molecule has 7 nitrogen and oxygen atoms in total. The van der Waals surface area contributed by atoms with Crippen LogP contribution in [-0.4, -0.2) is 21.6 Å². The fourth-order valence-electron chi connectivity index (χ4n) is 1.41. The summed E-state index contributed by atoms with van der Waals surface area (Å²) in [6.45, 7) is 3.05. The molecule has 0 aliphatic heterocycles. The summed E-state index contributed by atoms with van der Waals surface area (Å²) >= 11 is 1.18. The van der Waals surface area contributed by atoms with Crippen LogP contribution in [0, 0.1) is 17.0 Å². The van der Waals surface area contributed by atoms with Crippen LogP contribution in [0.15, 0.2) is 16.7 Å². The van der Waals surface area contributed by atoms with Gasteiger partial charge in [0.1, 0.15) is 0 Å². The SMILES string of the molecule is Cc1nc(CCNCc2ccc([N+](=O)[O-])s2)no1. The molecule has 0 radical (unpaired) electrons. The summed E-state index contributed by atoms with van der Waals surface area (Å²) in [7, 11) is 0. The van der Waals surface area contributed by atoms with Crippen LogP contribution in [-0.2, 0) is 13.0 Å². The van der Waals surface area contributed by atoms with Gasteiger partial charge in [-0.25, -0.2) is 0 Å². The van der Waals surface area contributed by atoms with Crippen molar-refractivity contribution in [3.8, 4) is 0 Å². The second-order valence-corrected chi connectivity index (χ2v) is 4.80. The number of thiophene rings is 1. The molecule has 1 N–H and O–H groups in total. The Morgan fingerprint density at radius 3 is 3.00 bits per heavy atom. The molecule has 0 spiro atoms. The Morgan fingerprint density at radius 2 is 2.39 bits per heavy atom. The van der Waals surface area contributed by atoms with Crippen LogP contribution in [0.2, 0.25) is 0 Å². The summed E-state index contributed by atoms with van der Waals surface area (Å²) < 4.78 is 4.85. The van der Waals surface area contributed by atoms with E-state index >= 15 is 0 Å². The van der Waals surface area contributed by atoms with E-state index in [2.05, 4.69) is 15.5 Å². The molecule has 2 rings (SSSR count). The van der Waals surface area contributed by atoms with Crippen molar-refractivity contribution in [1.82, 2.24) is 15.5 Å². The van der Waals surface area contributed by atoms with Crippen LogP contribution in [0.25, 0.3) is 0 Å². The highest BCUT2D eigenvalue weighted by atomic mass is 32.1.